The van der Waals surface area contributed by atoms with Gasteiger partial charge in [-0.05, 0) is 50.1 Å². The summed E-state index contributed by atoms with van der Waals surface area (Å²) < 4.78 is 0. The van der Waals surface area contributed by atoms with Crippen LogP contribution in [0, 0.1) is 11.3 Å². The van der Waals surface area contributed by atoms with E-state index in [1.54, 1.807) is 24.1 Å². The average Bonchev–Trinajstić information content (AvgIpc) is 2.96. The number of carbonyl (C=O) groups is 1. The van der Waals surface area contributed by atoms with Gasteiger partial charge in [0.25, 0.3) is 0 Å². The molecule has 0 aromatic heterocycles. The first kappa shape index (κ1) is 13.6. The predicted octanol–water partition coefficient (Wildman–Crippen LogP) is 2.05. The number of likely N-dealkylation sites (N-methyl/N-ethyl adjacent to an activating group) is 1. The van der Waals surface area contributed by atoms with Crippen LogP contribution in [0.3, 0.4) is 0 Å². The molecule has 1 fully saturated rings. The van der Waals surface area contributed by atoms with Crippen LogP contribution in [0.1, 0.15) is 31.7 Å². The number of carbonyl (C=O) groups excluding carboxylic acids is 1. The number of rotatable bonds is 3. The lowest BCUT2D eigenvalue weighted by molar-refractivity contribution is -0.124. The van der Waals surface area contributed by atoms with Crippen LogP contribution in [0.15, 0.2) is 24.3 Å². The summed E-state index contributed by atoms with van der Waals surface area (Å²) in [4.78, 5) is 14.3. The second-order valence-electron chi connectivity index (χ2n) is 4.99. The highest BCUT2D eigenvalue weighted by Crippen LogP contribution is 2.27. The van der Waals surface area contributed by atoms with Gasteiger partial charge in [-0.25, -0.2) is 0 Å². The Hall–Kier alpha value is -1.86. The summed E-state index contributed by atoms with van der Waals surface area (Å²) >= 11 is 0. The third-order valence-corrected chi connectivity index (χ3v) is 3.94. The molecule has 0 radical (unpaired) electrons. The van der Waals surface area contributed by atoms with Crippen LogP contribution in [0.25, 0.3) is 0 Å². The van der Waals surface area contributed by atoms with Gasteiger partial charge in [-0.1, -0.05) is 6.92 Å². The maximum atomic E-state index is 12.7. The van der Waals surface area contributed by atoms with E-state index in [1.165, 1.54) is 0 Å². The van der Waals surface area contributed by atoms with Gasteiger partial charge in [0.2, 0.25) is 5.91 Å². The maximum Gasteiger partial charge on any atom is 0.247 e. The van der Waals surface area contributed by atoms with Crippen molar-refractivity contribution in [3.8, 4) is 6.07 Å². The van der Waals surface area contributed by atoms with Crippen LogP contribution < -0.4 is 10.2 Å². The van der Waals surface area contributed by atoms with Crippen LogP contribution in [0.5, 0.6) is 0 Å². The minimum atomic E-state index is -0.414. The van der Waals surface area contributed by atoms with Crippen molar-refractivity contribution in [1.82, 2.24) is 5.32 Å². The quantitative estimate of drug-likeness (QED) is 0.901. The molecule has 1 aliphatic heterocycles. The van der Waals surface area contributed by atoms with Crippen LogP contribution >= 0.6 is 0 Å². The number of nitrogens with one attached hydrogen (secondary N) is 1. The number of hydrogen-bond donors (Lipinski definition) is 1. The van der Waals surface area contributed by atoms with E-state index < -0.39 is 5.54 Å². The van der Waals surface area contributed by atoms with Gasteiger partial charge in [-0.2, -0.15) is 5.26 Å². The molecular weight excluding hydrogens is 238 g/mol. The first-order valence-corrected chi connectivity index (χ1v) is 6.66. The van der Waals surface area contributed by atoms with Crippen molar-refractivity contribution in [1.29, 1.82) is 5.26 Å². The van der Waals surface area contributed by atoms with E-state index in [4.69, 9.17) is 5.26 Å². The molecule has 1 saturated heterocycles. The molecule has 1 heterocycles. The van der Waals surface area contributed by atoms with Crippen LogP contribution in [0.4, 0.5) is 5.69 Å². The fourth-order valence-corrected chi connectivity index (χ4v) is 2.64. The molecule has 0 saturated carbocycles. The first-order valence-electron chi connectivity index (χ1n) is 6.66. The number of anilines is 1. The van der Waals surface area contributed by atoms with Gasteiger partial charge in [0.05, 0.1) is 17.2 Å². The molecule has 4 nitrogen and oxygen atoms in total. The zero-order valence-electron chi connectivity index (χ0n) is 11.4. The number of amides is 1. The molecule has 19 heavy (non-hydrogen) atoms. The molecular formula is C15H19N3O. The average molecular weight is 257 g/mol. The van der Waals surface area contributed by atoms with Crippen LogP contribution in [-0.2, 0) is 4.79 Å². The van der Waals surface area contributed by atoms with Gasteiger partial charge >= 0.3 is 0 Å². The molecule has 1 amide bonds. The minimum absolute atomic E-state index is 0.109. The van der Waals surface area contributed by atoms with Crippen LogP contribution in [0.2, 0.25) is 0 Å². The summed E-state index contributed by atoms with van der Waals surface area (Å²) in [7, 11) is 1.79. The maximum absolute atomic E-state index is 12.7. The number of nitriles is 1. The van der Waals surface area contributed by atoms with Gasteiger partial charge in [0, 0.05) is 12.7 Å². The number of nitrogens with zero attached hydrogens (tertiary/aromatic N) is 2. The molecule has 100 valence electrons. The predicted molar refractivity (Wildman–Crippen MR) is 74.8 cm³/mol. The topological polar surface area (TPSA) is 56.1 Å². The Morgan fingerprint density at radius 2 is 2.16 bits per heavy atom. The Morgan fingerprint density at radius 1 is 1.47 bits per heavy atom. The normalized spacial score (nSPS) is 21.9. The molecule has 4 heteroatoms. The third kappa shape index (κ3) is 2.47. The standard InChI is InChI=1S/C15H19N3O/c1-3-15(9-4-10-17-15)14(19)18(2)13-7-5-12(11-16)6-8-13/h5-8,17H,3-4,9-10H2,1-2H3. The fourth-order valence-electron chi connectivity index (χ4n) is 2.64. The van der Waals surface area contributed by atoms with Crippen molar-refractivity contribution in [2.75, 3.05) is 18.5 Å². The Kier molecular flexibility index (Phi) is 3.87. The number of benzene rings is 1. The third-order valence-electron chi connectivity index (χ3n) is 3.94. The number of hydrogen-bond acceptors (Lipinski definition) is 3. The van der Waals surface area contributed by atoms with Crippen molar-refractivity contribution in [3.63, 3.8) is 0 Å². The second-order valence-corrected chi connectivity index (χ2v) is 4.99. The summed E-state index contributed by atoms with van der Waals surface area (Å²) in [6.07, 6.45) is 2.73. The Balaban J connectivity index is 2.20. The van der Waals surface area contributed by atoms with E-state index in [-0.39, 0.29) is 5.91 Å². The van der Waals surface area contributed by atoms with Gasteiger partial charge in [0.15, 0.2) is 0 Å². The highest BCUT2D eigenvalue weighted by atomic mass is 16.2. The molecule has 1 unspecified atom stereocenters. The Labute approximate surface area is 114 Å². The monoisotopic (exact) mass is 257 g/mol. The lowest BCUT2D eigenvalue weighted by Gasteiger charge is -2.31. The lowest BCUT2D eigenvalue weighted by atomic mass is 9.92. The first-order chi connectivity index (χ1) is 9.13. The zero-order chi connectivity index (χ0) is 13.9. The summed E-state index contributed by atoms with van der Waals surface area (Å²) in [5.41, 5.74) is 1.02. The summed E-state index contributed by atoms with van der Waals surface area (Å²) in [6, 6.07) is 9.18. The van der Waals surface area contributed by atoms with E-state index in [9.17, 15) is 4.79 Å². The molecule has 1 aromatic carbocycles. The smallest absolute Gasteiger partial charge is 0.247 e. The summed E-state index contributed by atoms with van der Waals surface area (Å²) in [6.45, 7) is 2.95. The highest BCUT2D eigenvalue weighted by Gasteiger charge is 2.41. The van der Waals surface area contributed by atoms with Gasteiger partial charge in [0.1, 0.15) is 0 Å². The van der Waals surface area contributed by atoms with Crippen molar-refractivity contribution in [2.24, 2.45) is 0 Å². The largest absolute Gasteiger partial charge is 0.314 e. The van der Waals surface area contributed by atoms with Crippen molar-refractivity contribution < 1.29 is 4.79 Å². The highest BCUT2D eigenvalue weighted by molar-refractivity contribution is 6.00. The Morgan fingerprint density at radius 3 is 2.63 bits per heavy atom. The van der Waals surface area contributed by atoms with Gasteiger partial charge < -0.3 is 10.2 Å². The summed E-state index contributed by atoms with van der Waals surface area (Å²) in [5.74, 6) is 0.109. The minimum Gasteiger partial charge on any atom is -0.314 e. The summed E-state index contributed by atoms with van der Waals surface area (Å²) in [5, 5.41) is 12.1. The molecule has 0 aliphatic carbocycles. The lowest BCUT2D eigenvalue weighted by Crippen LogP contribution is -2.53. The second kappa shape index (κ2) is 5.41. The van der Waals surface area contributed by atoms with Crippen LogP contribution in [-0.4, -0.2) is 25.0 Å². The molecule has 1 aliphatic rings. The SMILES string of the molecule is CCC1(C(=O)N(C)c2ccc(C#N)cc2)CCCN1. The van der Waals surface area contributed by atoms with E-state index in [1.807, 2.05) is 19.1 Å². The molecule has 0 bridgehead atoms. The van der Waals surface area contributed by atoms with Crippen molar-refractivity contribution >= 4 is 11.6 Å². The molecule has 1 aromatic rings. The molecule has 2 rings (SSSR count). The van der Waals surface area contributed by atoms with E-state index in [0.717, 1.165) is 31.5 Å². The van der Waals surface area contributed by atoms with Crippen molar-refractivity contribution in [2.45, 2.75) is 31.7 Å². The van der Waals surface area contributed by atoms with E-state index >= 15 is 0 Å². The van der Waals surface area contributed by atoms with Crippen molar-refractivity contribution in [3.05, 3.63) is 29.8 Å². The van der Waals surface area contributed by atoms with E-state index in [2.05, 4.69) is 11.4 Å². The Bertz CT molecular complexity index is 495. The zero-order valence-corrected chi connectivity index (χ0v) is 11.4. The van der Waals surface area contributed by atoms with Gasteiger partial charge in [-0.3, -0.25) is 4.79 Å². The molecule has 1 N–H and O–H groups in total. The van der Waals surface area contributed by atoms with Gasteiger partial charge in [-0.15, -0.1) is 0 Å². The van der Waals surface area contributed by atoms with E-state index in [0.29, 0.717) is 5.56 Å². The molecule has 0 spiro atoms. The fraction of sp³-hybridized carbons (Fsp3) is 0.467. The molecule has 1 atom stereocenters.